The smallest absolute Gasteiger partial charge is 0.222 e. The third kappa shape index (κ3) is 7.49. The summed E-state index contributed by atoms with van der Waals surface area (Å²) in [6, 6.07) is 8.60. The third-order valence-electron chi connectivity index (χ3n) is 3.75. The van der Waals surface area contributed by atoms with Gasteiger partial charge in [0, 0.05) is 38.0 Å². The maximum absolute atomic E-state index is 11.5. The topological polar surface area (TPSA) is 65.5 Å². The summed E-state index contributed by atoms with van der Waals surface area (Å²) in [7, 11) is 0. The molecule has 1 unspecified atom stereocenters. The SMILES string of the molecule is CCNC(=NCC(C)c1ccc(C)cc1)NCCNC(=O)C(C)C. The molecule has 24 heavy (non-hydrogen) atoms. The fraction of sp³-hybridized carbons (Fsp3) is 0.579. The highest BCUT2D eigenvalue weighted by molar-refractivity contribution is 5.80. The second-order valence-electron chi connectivity index (χ2n) is 6.40. The summed E-state index contributed by atoms with van der Waals surface area (Å²) in [4.78, 5) is 16.2. The molecule has 1 atom stereocenters. The lowest BCUT2D eigenvalue weighted by Gasteiger charge is -2.14. The van der Waals surface area contributed by atoms with Gasteiger partial charge in [0.15, 0.2) is 5.96 Å². The molecule has 1 rings (SSSR count). The van der Waals surface area contributed by atoms with Gasteiger partial charge in [-0.05, 0) is 19.4 Å². The van der Waals surface area contributed by atoms with Gasteiger partial charge in [-0.25, -0.2) is 0 Å². The Morgan fingerprint density at radius 1 is 1.04 bits per heavy atom. The Morgan fingerprint density at radius 2 is 1.67 bits per heavy atom. The molecule has 5 heteroatoms. The normalized spacial score (nSPS) is 12.8. The molecule has 3 N–H and O–H groups in total. The Morgan fingerprint density at radius 3 is 2.25 bits per heavy atom. The summed E-state index contributed by atoms with van der Waals surface area (Å²) in [6.07, 6.45) is 0. The Kier molecular flexibility index (Phi) is 8.90. The number of aryl methyl sites for hydroxylation is 1. The fourth-order valence-electron chi connectivity index (χ4n) is 2.14. The van der Waals surface area contributed by atoms with E-state index in [4.69, 9.17) is 0 Å². The van der Waals surface area contributed by atoms with Gasteiger partial charge in [0.1, 0.15) is 0 Å². The van der Waals surface area contributed by atoms with Crippen molar-refractivity contribution in [2.45, 2.75) is 40.5 Å². The molecular weight excluding hydrogens is 300 g/mol. The highest BCUT2D eigenvalue weighted by atomic mass is 16.1. The highest BCUT2D eigenvalue weighted by Crippen LogP contribution is 2.15. The lowest BCUT2D eigenvalue weighted by Crippen LogP contribution is -2.42. The van der Waals surface area contributed by atoms with E-state index in [1.165, 1.54) is 11.1 Å². The van der Waals surface area contributed by atoms with Crippen LogP contribution in [0.15, 0.2) is 29.3 Å². The van der Waals surface area contributed by atoms with E-state index < -0.39 is 0 Å². The van der Waals surface area contributed by atoms with Crippen molar-refractivity contribution in [1.29, 1.82) is 0 Å². The fourth-order valence-corrected chi connectivity index (χ4v) is 2.14. The van der Waals surface area contributed by atoms with Gasteiger partial charge in [-0.15, -0.1) is 0 Å². The summed E-state index contributed by atoms with van der Waals surface area (Å²) in [5, 5.41) is 9.38. The van der Waals surface area contributed by atoms with E-state index in [-0.39, 0.29) is 11.8 Å². The molecule has 0 saturated heterocycles. The lowest BCUT2D eigenvalue weighted by molar-refractivity contribution is -0.123. The van der Waals surface area contributed by atoms with Gasteiger partial charge in [-0.3, -0.25) is 9.79 Å². The van der Waals surface area contributed by atoms with E-state index in [1.54, 1.807) is 0 Å². The predicted octanol–water partition coefficient (Wildman–Crippen LogP) is 2.43. The van der Waals surface area contributed by atoms with Crippen molar-refractivity contribution in [2.75, 3.05) is 26.2 Å². The Bertz CT molecular complexity index is 523. The molecule has 0 saturated carbocycles. The number of benzene rings is 1. The van der Waals surface area contributed by atoms with Crippen LogP contribution in [0.1, 0.15) is 44.7 Å². The number of hydrogen-bond donors (Lipinski definition) is 3. The van der Waals surface area contributed by atoms with Crippen LogP contribution in [0.2, 0.25) is 0 Å². The molecular formula is C19H32N4O. The van der Waals surface area contributed by atoms with Crippen molar-refractivity contribution in [3.8, 4) is 0 Å². The van der Waals surface area contributed by atoms with Crippen LogP contribution in [0.3, 0.4) is 0 Å². The van der Waals surface area contributed by atoms with Crippen LogP contribution < -0.4 is 16.0 Å². The second kappa shape index (κ2) is 10.7. The summed E-state index contributed by atoms with van der Waals surface area (Å²) < 4.78 is 0. The van der Waals surface area contributed by atoms with Crippen LogP contribution in [0.5, 0.6) is 0 Å². The number of guanidine groups is 1. The van der Waals surface area contributed by atoms with Crippen LogP contribution in [0.4, 0.5) is 0 Å². The zero-order valence-corrected chi connectivity index (χ0v) is 15.6. The first kappa shape index (κ1) is 20.0. The molecule has 5 nitrogen and oxygen atoms in total. The largest absolute Gasteiger partial charge is 0.357 e. The van der Waals surface area contributed by atoms with Gasteiger partial charge in [0.2, 0.25) is 5.91 Å². The molecule has 0 aromatic heterocycles. The molecule has 1 aromatic carbocycles. The minimum Gasteiger partial charge on any atom is -0.357 e. The minimum atomic E-state index is 0.0160. The van der Waals surface area contributed by atoms with Gasteiger partial charge in [0.05, 0.1) is 0 Å². The van der Waals surface area contributed by atoms with Crippen LogP contribution >= 0.6 is 0 Å². The number of carbonyl (C=O) groups is 1. The van der Waals surface area contributed by atoms with Crippen molar-refractivity contribution in [1.82, 2.24) is 16.0 Å². The minimum absolute atomic E-state index is 0.0160. The van der Waals surface area contributed by atoms with Crippen molar-refractivity contribution in [2.24, 2.45) is 10.9 Å². The molecule has 1 amide bonds. The van der Waals surface area contributed by atoms with Gasteiger partial charge < -0.3 is 16.0 Å². The maximum Gasteiger partial charge on any atom is 0.222 e. The lowest BCUT2D eigenvalue weighted by atomic mass is 10.0. The van der Waals surface area contributed by atoms with Crippen molar-refractivity contribution in [3.63, 3.8) is 0 Å². The number of carbonyl (C=O) groups excluding carboxylic acids is 1. The summed E-state index contributed by atoms with van der Waals surface area (Å²) in [5.74, 6) is 1.24. The van der Waals surface area contributed by atoms with Gasteiger partial charge >= 0.3 is 0 Å². The second-order valence-corrected chi connectivity index (χ2v) is 6.40. The van der Waals surface area contributed by atoms with E-state index in [2.05, 4.69) is 59.1 Å². The molecule has 0 spiro atoms. The number of amides is 1. The summed E-state index contributed by atoms with van der Waals surface area (Å²) >= 11 is 0. The molecule has 0 heterocycles. The monoisotopic (exact) mass is 332 g/mol. The number of aliphatic imine (C=N–C) groups is 1. The summed E-state index contributed by atoms with van der Waals surface area (Å²) in [5.41, 5.74) is 2.57. The molecule has 0 bridgehead atoms. The zero-order chi connectivity index (χ0) is 17.9. The number of nitrogens with zero attached hydrogens (tertiary/aromatic N) is 1. The van der Waals surface area contributed by atoms with Crippen LogP contribution in [0.25, 0.3) is 0 Å². The molecule has 0 aliphatic carbocycles. The third-order valence-corrected chi connectivity index (χ3v) is 3.75. The first-order valence-electron chi connectivity index (χ1n) is 8.80. The van der Waals surface area contributed by atoms with E-state index >= 15 is 0 Å². The van der Waals surface area contributed by atoms with Crippen molar-refractivity contribution in [3.05, 3.63) is 35.4 Å². The van der Waals surface area contributed by atoms with E-state index in [0.29, 0.717) is 19.0 Å². The quantitative estimate of drug-likeness (QED) is 0.389. The van der Waals surface area contributed by atoms with Crippen LogP contribution in [-0.2, 0) is 4.79 Å². The Hall–Kier alpha value is -2.04. The average Bonchev–Trinajstić information content (AvgIpc) is 2.56. The van der Waals surface area contributed by atoms with E-state index in [9.17, 15) is 4.79 Å². The van der Waals surface area contributed by atoms with Crippen molar-refractivity contribution >= 4 is 11.9 Å². The number of rotatable bonds is 8. The molecule has 0 radical (unpaired) electrons. The number of nitrogens with one attached hydrogen (secondary N) is 3. The van der Waals surface area contributed by atoms with E-state index in [1.807, 2.05) is 20.8 Å². The first-order chi connectivity index (χ1) is 11.4. The van der Waals surface area contributed by atoms with Gasteiger partial charge in [-0.2, -0.15) is 0 Å². The van der Waals surface area contributed by atoms with Crippen molar-refractivity contribution < 1.29 is 4.79 Å². The predicted molar refractivity (Wildman–Crippen MR) is 101 cm³/mol. The Labute approximate surface area is 146 Å². The van der Waals surface area contributed by atoms with Crippen LogP contribution in [-0.4, -0.2) is 38.0 Å². The molecule has 1 aromatic rings. The van der Waals surface area contributed by atoms with Crippen LogP contribution in [0, 0.1) is 12.8 Å². The molecule has 0 aliphatic heterocycles. The van der Waals surface area contributed by atoms with Gasteiger partial charge in [-0.1, -0.05) is 50.6 Å². The highest BCUT2D eigenvalue weighted by Gasteiger charge is 2.07. The average molecular weight is 332 g/mol. The Balaban J connectivity index is 2.46. The van der Waals surface area contributed by atoms with Gasteiger partial charge in [0.25, 0.3) is 0 Å². The molecule has 0 fully saturated rings. The number of hydrogen-bond acceptors (Lipinski definition) is 2. The molecule has 134 valence electrons. The summed E-state index contributed by atoms with van der Waals surface area (Å²) in [6.45, 7) is 12.9. The maximum atomic E-state index is 11.5. The first-order valence-corrected chi connectivity index (χ1v) is 8.80. The standard InChI is InChI=1S/C19H32N4O/c1-6-20-19(22-12-11-21-18(24)14(2)3)23-13-16(5)17-9-7-15(4)8-10-17/h7-10,14,16H,6,11-13H2,1-5H3,(H,21,24)(H2,20,22,23). The van der Waals surface area contributed by atoms with E-state index in [0.717, 1.165) is 19.0 Å². The molecule has 0 aliphatic rings. The zero-order valence-electron chi connectivity index (χ0n) is 15.6.